The largest absolute Gasteiger partial charge is 0.491 e. The Labute approximate surface area is 146 Å². The van der Waals surface area contributed by atoms with Gasteiger partial charge in [0.25, 0.3) is 0 Å². The van der Waals surface area contributed by atoms with Gasteiger partial charge in [-0.05, 0) is 42.8 Å². The minimum absolute atomic E-state index is 0.0651. The molecule has 0 radical (unpaired) electrons. The molecule has 130 valence electrons. The number of benzene rings is 2. The summed E-state index contributed by atoms with van der Waals surface area (Å²) >= 11 is 0. The van der Waals surface area contributed by atoms with Crippen molar-refractivity contribution in [3.05, 3.63) is 64.3 Å². The molecule has 0 spiro atoms. The van der Waals surface area contributed by atoms with Crippen molar-refractivity contribution in [2.75, 3.05) is 6.61 Å². The lowest BCUT2D eigenvalue weighted by Gasteiger charge is -2.08. The Morgan fingerprint density at radius 2 is 1.84 bits per heavy atom. The van der Waals surface area contributed by atoms with E-state index in [1.54, 1.807) is 19.1 Å². The minimum atomic E-state index is -0.693. The van der Waals surface area contributed by atoms with Gasteiger partial charge in [0.05, 0.1) is 6.61 Å². The zero-order valence-electron chi connectivity index (χ0n) is 14.5. The molecule has 0 N–H and O–H groups in total. The van der Waals surface area contributed by atoms with E-state index in [4.69, 9.17) is 9.15 Å². The average Bonchev–Trinajstić information content (AvgIpc) is 2.62. The molecule has 0 saturated heterocycles. The topological polar surface area (TPSA) is 39.4 Å². The van der Waals surface area contributed by atoms with Gasteiger partial charge in [0.15, 0.2) is 11.6 Å². The van der Waals surface area contributed by atoms with Gasteiger partial charge in [-0.25, -0.2) is 9.18 Å². The lowest BCUT2D eigenvalue weighted by atomic mass is 10.0. The van der Waals surface area contributed by atoms with Crippen molar-refractivity contribution in [2.45, 2.75) is 33.1 Å². The zero-order valence-corrected chi connectivity index (χ0v) is 14.5. The highest BCUT2D eigenvalue weighted by atomic mass is 19.1. The summed E-state index contributed by atoms with van der Waals surface area (Å²) in [5.74, 6) is -0.173. The molecule has 3 rings (SSSR count). The second-order valence-electron chi connectivity index (χ2n) is 5.97. The molecule has 4 heteroatoms. The van der Waals surface area contributed by atoms with Crippen LogP contribution < -0.4 is 10.4 Å². The van der Waals surface area contributed by atoms with Crippen LogP contribution >= 0.6 is 0 Å². The predicted octanol–water partition coefficient (Wildman–Crippen LogP) is 5.34. The molecule has 0 amide bonds. The first-order chi connectivity index (χ1) is 12.1. The van der Waals surface area contributed by atoms with Crippen LogP contribution in [0.25, 0.3) is 22.1 Å². The van der Waals surface area contributed by atoms with E-state index in [0.29, 0.717) is 17.8 Å². The van der Waals surface area contributed by atoms with Crippen molar-refractivity contribution >= 4 is 10.8 Å². The van der Waals surface area contributed by atoms with Gasteiger partial charge >= 0.3 is 5.63 Å². The van der Waals surface area contributed by atoms with Crippen LogP contribution in [0, 0.1) is 5.82 Å². The molecule has 3 aromatic rings. The number of hydrogen-bond donors (Lipinski definition) is 0. The van der Waals surface area contributed by atoms with E-state index in [0.717, 1.165) is 24.8 Å². The van der Waals surface area contributed by atoms with Gasteiger partial charge in [0.1, 0.15) is 11.1 Å². The van der Waals surface area contributed by atoms with Crippen LogP contribution in [0.15, 0.2) is 51.7 Å². The summed E-state index contributed by atoms with van der Waals surface area (Å²) in [6, 6.07) is 12.8. The molecule has 0 bridgehead atoms. The highest BCUT2D eigenvalue weighted by Gasteiger charge is 2.15. The van der Waals surface area contributed by atoms with E-state index in [1.807, 2.05) is 24.3 Å². The summed E-state index contributed by atoms with van der Waals surface area (Å²) in [5.41, 5.74) is 1.36. The van der Waals surface area contributed by atoms with Crippen molar-refractivity contribution in [1.82, 2.24) is 0 Å². The lowest BCUT2D eigenvalue weighted by molar-refractivity contribution is 0.323. The Morgan fingerprint density at radius 1 is 1.08 bits per heavy atom. The summed E-state index contributed by atoms with van der Waals surface area (Å²) in [6.45, 7) is 4.25. The molecule has 0 aliphatic heterocycles. The fourth-order valence-corrected chi connectivity index (χ4v) is 2.85. The third-order valence-corrected chi connectivity index (χ3v) is 4.19. The number of aryl methyl sites for hydroxylation is 1. The quantitative estimate of drug-likeness (QED) is 0.608. The fourth-order valence-electron chi connectivity index (χ4n) is 2.85. The van der Waals surface area contributed by atoms with Crippen LogP contribution in [0.3, 0.4) is 0 Å². The Hall–Kier alpha value is -2.62. The van der Waals surface area contributed by atoms with Crippen LogP contribution in [-0.2, 0) is 6.42 Å². The third-order valence-electron chi connectivity index (χ3n) is 4.19. The van der Waals surface area contributed by atoms with Crippen LogP contribution in [-0.4, -0.2) is 6.61 Å². The van der Waals surface area contributed by atoms with Crippen LogP contribution in [0.5, 0.6) is 5.75 Å². The third kappa shape index (κ3) is 3.58. The SMILES string of the molecule is CCCCc1ccc(-c2cc3ccc(OCC)c(F)c3c(=O)o2)cc1. The molecule has 25 heavy (non-hydrogen) atoms. The highest BCUT2D eigenvalue weighted by Crippen LogP contribution is 2.28. The average molecular weight is 340 g/mol. The maximum atomic E-state index is 14.4. The second kappa shape index (κ2) is 7.51. The van der Waals surface area contributed by atoms with Gasteiger partial charge in [-0.2, -0.15) is 0 Å². The number of fused-ring (bicyclic) bond motifs is 1. The van der Waals surface area contributed by atoms with E-state index in [1.165, 1.54) is 11.6 Å². The molecule has 0 fully saturated rings. The second-order valence-corrected chi connectivity index (χ2v) is 5.97. The molecule has 1 heterocycles. The Bertz CT molecular complexity index is 926. The lowest BCUT2D eigenvalue weighted by Crippen LogP contribution is -2.05. The maximum Gasteiger partial charge on any atom is 0.347 e. The van der Waals surface area contributed by atoms with E-state index in [-0.39, 0.29) is 11.1 Å². The van der Waals surface area contributed by atoms with Crippen molar-refractivity contribution in [3.63, 3.8) is 0 Å². The van der Waals surface area contributed by atoms with Gasteiger partial charge in [-0.15, -0.1) is 0 Å². The summed E-state index contributed by atoms with van der Waals surface area (Å²) in [4.78, 5) is 12.3. The first kappa shape index (κ1) is 17.2. The number of rotatable bonds is 6. The first-order valence-electron chi connectivity index (χ1n) is 8.62. The van der Waals surface area contributed by atoms with Crippen LogP contribution in [0.4, 0.5) is 4.39 Å². The van der Waals surface area contributed by atoms with Crippen molar-refractivity contribution < 1.29 is 13.5 Å². The molecule has 2 aromatic carbocycles. The van der Waals surface area contributed by atoms with Gasteiger partial charge in [0, 0.05) is 5.56 Å². The molecule has 0 atom stereocenters. The molecular weight excluding hydrogens is 319 g/mol. The summed E-state index contributed by atoms with van der Waals surface area (Å²) in [5, 5.41) is 0.427. The molecule has 0 unspecified atom stereocenters. The number of ether oxygens (including phenoxy) is 1. The Balaban J connectivity index is 2.01. The normalized spacial score (nSPS) is 11.0. The fraction of sp³-hybridized carbons (Fsp3) is 0.286. The molecule has 3 nitrogen and oxygen atoms in total. The van der Waals surface area contributed by atoms with Crippen LogP contribution in [0.2, 0.25) is 0 Å². The Kier molecular flexibility index (Phi) is 5.17. The van der Waals surface area contributed by atoms with Gasteiger partial charge < -0.3 is 9.15 Å². The molecule has 1 aromatic heterocycles. The van der Waals surface area contributed by atoms with Gasteiger partial charge in [-0.3, -0.25) is 0 Å². The molecule has 0 aliphatic rings. The summed E-state index contributed by atoms with van der Waals surface area (Å²) in [6.07, 6.45) is 3.33. The van der Waals surface area contributed by atoms with Gasteiger partial charge in [-0.1, -0.05) is 43.7 Å². The van der Waals surface area contributed by atoms with E-state index in [2.05, 4.69) is 6.92 Å². The first-order valence-corrected chi connectivity index (χ1v) is 8.62. The number of halogens is 1. The van der Waals surface area contributed by atoms with Crippen LogP contribution in [0.1, 0.15) is 32.3 Å². The summed E-state index contributed by atoms with van der Waals surface area (Å²) < 4.78 is 25.0. The standard InChI is InChI=1S/C21H21FO3/c1-3-5-6-14-7-9-15(10-8-14)18-13-16-11-12-17(24-4-2)20(22)19(16)21(23)25-18/h7-13H,3-6H2,1-2H3. The van der Waals surface area contributed by atoms with Crippen molar-refractivity contribution in [3.8, 4) is 17.1 Å². The minimum Gasteiger partial charge on any atom is -0.491 e. The predicted molar refractivity (Wildman–Crippen MR) is 97.7 cm³/mol. The highest BCUT2D eigenvalue weighted by molar-refractivity contribution is 5.86. The number of unbranched alkanes of at least 4 members (excludes halogenated alkanes) is 1. The maximum absolute atomic E-state index is 14.4. The number of hydrogen-bond acceptors (Lipinski definition) is 3. The van der Waals surface area contributed by atoms with Gasteiger partial charge in [0.2, 0.25) is 0 Å². The molecular formula is C21H21FO3. The summed E-state index contributed by atoms with van der Waals surface area (Å²) in [7, 11) is 0. The smallest absolute Gasteiger partial charge is 0.347 e. The van der Waals surface area contributed by atoms with Crippen molar-refractivity contribution in [1.29, 1.82) is 0 Å². The Morgan fingerprint density at radius 3 is 2.52 bits per heavy atom. The zero-order chi connectivity index (χ0) is 17.8. The van der Waals surface area contributed by atoms with E-state index >= 15 is 0 Å². The molecule has 0 aliphatic carbocycles. The van der Waals surface area contributed by atoms with Crippen molar-refractivity contribution in [2.24, 2.45) is 0 Å². The monoisotopic (exact) mass is 340 g/mol. The molecule has 0 saturated carbocycles. The van der Waals surface area contributed by atoms with E-state index < -0.39 is 11.4 Å². The van der Waals surface area contributed by atoms with E-state index in [9.17, 15) is 9.18 Å².